The lowest BCUT2D eigenvalue weighted by molar-refractivity contribution is 0.0953. The number of nitrogens with zero attached hydrogens (tertiary/aromatic N) is 1. The zero-order valence-electron chi connectivity index (χ0n) is 15.7. The quantitative estimate of drug-likeness (QED) is 0.707. The van der Waals surface area contributed by atoms with Crippen molar-refractivity contribution in [1.29, 1.82) is 0 Å². The molecule has 138 valence electrons. The second-order valence-corrected chi connectivity index (χ2v) is 6.44. The number of amides is 2. The van der Waals surface area contributed by atoms with E-state index in [4.69, 9.17) is 0 Å². The standard InChI is InChI=1S/C21H27N3O2/c1-4-5-6-14-22-20(25)16-8-7-9-17(15-16)21(26)23-18-10-12-19(13-11-18)24(2)3/h7-13,15H,4-6,14H2,1-3H3,(H,22,25)(H,23,26). The molecular weight excluding hydrogens is 326 g/mol. The second-order valence-electron chi connectivity index (χ2n) is 6.44. The normalized spacial score (nSPS) is 10.3. The van der Waals surface area contributed by atoms with Crippen molar-refractivity contribution in [2.24, 2.45) is 0 Å². The minimum absolute atomic E-state index is 0.147. The predicted octanol–water partition coefficient (Wildman–Crippen LogP) is 3.92. The molecule has 0 heterocycles. The maximum Gasteiger partial charge on any atom is 0.255 e. The maximum atomic E-state index is 12.5. The number of nitrogens with one attached hydrogen (secondary N) is 2. The molecule has 2 rings (SSSR count). The van der Waals surface area contributed by atoms with Crippen molar-refractivity contribution in [2.75, 3.05) is 30.9 Å². The Hall–Kier alpha value is -2.82. The number of hydrogen-bond acceptors (Lipinski definition) is 3. The van der Waals surface area contributed by atoms with Crippen LogP contribution in [0.15, 0.2) is 48.5 Å². The molecule has 0 radical (unpaired) electrons. The summed E-state index contributed by atoms with van der Waals surface area (Å²) in [5.41, 5.74) is 2.74. The van der Waals surface area contributed by atoms with Crippen molar-refractivity contribution in [3.05, 3.63) is 59.7 Å². The Balaban J connectivity index is 1.99. The van der Waals surface area contributed by atoms with Gasteiger partial charge in [-0.25, -0.2) is 0 Å². The zero-order valence-corrected chi connectivity index (χ0v) is 15.7. The van der Waals surface area contributed by atoms with E-state index in [0.29, 0.717) is 17.7 Å². The first-order chi connectivity index (χ1) is 12.5. The molecule has 0 saturated heterocycles. The van der Waals surface area contributed by atoms with Crippen LogP contribution in [0.5, 0.6) is 0 Å². The van der Waals surface area contributed by atoms with Crippen LogP contribution in [0.2, 0.25) is 0 Å². The lowest BCUT2D eigenvalue weighted by Crippen LogP contribution is -2.24. The summed E-state index contributed by atoms with van der Waals surface area (Å²) < 4.78 is 0. The number of benzene rings is 2. The highest BCUT2D eigenvalue weighted by atomic mass is 16.2. The molecule has 0 bridgehead atoms. The van der Waals surface area contributed by atoms with Gasteiger partial charge in [0.25, 0.3) is 11.8 Å². The van der Waals surface area contributed by atoms with Crippen molar-refractivity contribution < 1.29 is 9.59 Å². The van der Waals surface area contributed by atoms with E-state index in [1.54, 1.807) is 24.3 Å². The number of unbranched alkanes of at least 4 members (excludes halogenated alkanes) is 2. The summed E-state index contributed by atoms with van der Waals surface area (Å²) in [7, 11) is 3.93. The largest absolute Gasteiger partial charge is 0.378 e. The molecule has 2 N–H and O–H groups in total. The van der Waals surface area contributed by atoms with Crippen LogP contribution in [0, 0.1) is 0 Å². The summed E-state index contributed by atoms with van der Waals surface area (Å²) in [6.07, 6.45) is 3.17. The molecule has 0 fully saturated rings. The molecule has 2 aromatic rings. The third kappa shape index (κ3) is 5.62. The maximum absolute atomic E-state index is 12.5. The number of rotatable bonds is 8. The third-order valence-electron chi connectivity index (χ3n) is 4.09. The summed E-state index contributed by atoms with van der Waals surface area (Å²) in [5, 5.41) is 5.75. The van der Waals surface area contributed by atoms with Crippen LogP contribution in [-0.2, 0) is 0 Å². The van der Waals surface area contributed by atoms with Gasteiger partial charge in [-0.3, -0.25) is 9.59 Å². The van der Waals surface area contributed by atoms with E-state index >= 15 is 0 Å². The van der Waals surface area contributed by atoms with Crippen LogP contribution in [0.4, 0.5) is 11.4 Å². The summed E-state index contributed by atoms with van der Waals surface area (Å²) in [4.78, 5) is 26.6. The first-order valence-electron chi connectivity index (χ1n) is 8.98. The van der Waals surface area contributed by atoms with Gasteiger partial charge in [0.05, 0.1) is 0 Å². The smallest absolute Gasteiger partial charge is 0.255 e. The molecule has 2 amide bonds. The Morgan fingerprint density at radius 2 is 1.58 bits per heavy atom. The fourth-order valence-electron chi connectivity index (χ4n) is 2.53. The number of carbonyl (C=O) groups excluding carboxylic acids is 2. The Morgan fingerprint density at radius 1 is 0.923 bits per heavy atom. The minimum Gasteiger partial charge on any atom is -0.378 e. The minimum atomic E-state index is -0.233. The third-order valence-corrected chi connectivity index (χ3v) is 4.09. The lowest BCUT2D eigenvalue weighted by Gasteiger charge is -2.13. The van der Waals surface area contributed by atoms with Crippen molar-refractivity contribution in [3.8, 4) is 0 Å². The van der Waals surface area contributed by atoms with Crippen molar-refractivity contribution >= 4 is 23.2 Å². The highest BCUT2D eigenvalue weighted by molar-refractivity contribution is 6.06. The average molecular weight is 353 g/mol. The van der Waals surface area contributed by atoms with Crippen LogP contribution in [0.3, 0.4) is 0 Å². The van der Waals surface area contributed by atoms with Gasteiger partial charge >= 0.3 is 0 Å². The van der Waals surface area contributed by atoms with E-state index in [0.717, 1.165) is 30.6 Å². The lowest BCUT2D eigenvalue weighted by atomic mass is 10.1. The molecule has 0 aromatic heterocycles. The monoisotopic (exact) mass is 353 g/mol. The Kier molecular flexibility index (Phi) is 7.21. The topological polar surface area (TPSA) is 61.4 Å². The van der Waals surface area contributed by atoms with Crippen molar-refractivity contribution in [2.45, 2.75) is 26.2 Å². The highest BCUT2D eigenvalue weighted by Gasteiger charge is 2.10. The van der Waals surface area contributed by atoms with Gasteiger partial charge < -0.3 is 15.5 Å². The molecule has 26 heavy (non-hydrogen) atoms. The number of hydrogen-bond donors (Lipinski definition) is 2. The molecule has 0 aliphatic carbocycles. The van der Waals surface area contributed by atoms with E-state index in [-0.39, 0.29) is 11.8 Å². The van der Waals surface area contributed by atoms with Crippen molar-refractivity contribution in [1.82, 2.24) is 5.32 Å². The van der Waals surface area contributed by atoms with Crippen LogP contribution in [0.1, 0.15) is 46.9 Å². The van der Waals surface area contributed by atoms with Gasteiger partial charge in [-0.15, -0.1) is 0 Å². The van der Waals surface area contributed by atoms with Gasteiger partial charge in [0.2, 0.25) is 0 Å². The van der Waals surface area contributed by atoms with Gasteiger partial charge in [0.15, 0.2) is 0 Å². The molecule has 5 nitrogen and oxygen atoms in total. The SMILES string of the molecule is CCCCCNC(=O)c1cccc(C(=O)Nc2ccc(N(C)C)cc2)c1. The fourth-order valence-corrected chi connectivity index (χ4v) is 2.53. The van der Waals surface area contributed by atoms with E-state index in [9.17, 15) is 9.59 Å². The summed E-state index contributed by atoms with van der Waals surface area (Å²) in [6.45, 7) is 2.78. The molecule has 2 aromatic carbocycles. The van der Waals surface area contributed by atoms with Gasteiger partial charge in [0, 0.05) is 43.1 Å². The number of carbonyl (C=O) groups is 2. The van der Waals surface area contributed by atoms with Crippen molar-refractivity contribution in [3.63, 3.8) is 0 Å². The molecule has 0 aliphatic heterocycles. The molecule has 0 spiro atoms. The van der Waals surface area contributed by atoms with Gasteiger partial charge in [-0.05, 0) is 48.9 Å². The van der Waals surface area contributed by atoms with Crippen LogP contribution < -0.4 is 15.5 Å². The molecule has 5 heteroatoms. The zero-order chi connectivity index (χ0) is 18.9. The predicted molar refractivity (Wildman–Crippen MR) is 107 cm³/mol. The van der Waals surface area contributed by atoms with Gasteiger partial charge in [-0.2, -0.15) is 0 Å². The van der Waals surface area contributed by atoms with Gasteiger partial charge in [-0.1, -0.05) is 25.8 Å². The molecule has 0 atom stereocenters. The van der Waals surface area contributed by atoms with E-state index in [1.165, 1.54) is 0 Å². The second kappa shape index (κ2) is 9.61. The summed E-state index contributed by atoms with van der Waals surface area (Å²) in [5.74, 6) is -0.380. The Morgan fingerprint density at radius 3 is 2.19 bits per heavy atom. The summed E-state index contributed by atoms with van der Waals surface area (Å²) in [6, 6.07) is 14.4. The Bertz CT molecular complexity index is 739. The molecular formula is C21H27N3O2. The van der Waals surface area contributed by atoms with E-state index in [2.05, 4.69) is 17.6 Å². The summed E-state index contributed by atoms with van der Waals surface area (Å²) >= 11 is 0. The highest BCUT2D eigenvalue weighted by Crippen LogP contribution is 2.17. The van der Waals surface area contributed by atoms with Crippen LogP contribution in [0.25, 0.3) is 0 Å². The average Bonchev–Trinajstić information content (AvgIpc) is 2.65. The first-order valence-corrected chi connectivity index (χ1v) is 8.98. The Labute approximate surface area is 155 Å². The van der Waals surface area contributed by atoms with Gasteiger partial charge in [0.1, 0.15) is 0 Å². The fraction of sp³-hybridized carbons (Fsp3) is 0.333. The van der Waals surface area contributed by atoms with E-state index < -0.39 is 0 Å². The molecule has 0 unspecified atom stereocenters. The molecule has 0 aliphatic rings. The first kappa shape index (κ1) is 19.5. The number of anilines is 2. The van der Waals surface area contributed by atoms with E-state index in [1.807, 2.05) is 43.3 Å². The van der Waals surface area contributed by atoms with Crippen LogP contribution >= 0.6 is 0 Å². The van der Waals surface area contributed by atoms with Crippen LogP contribution in [-0.4, -0.2) is 32.5 Å². The molecule has 0 saturated carbocycles.